The molecule has 0 unspecified atom stereocenters. The fraction of sp³-hybridized carbons (Fsp3) is 0.345. The summed E-state index contributed by atoms with van der Waals surface area (Å²) >= 11 is 0. The maximum absolute atomic E-state index is 14.6. The summed E-state index contributed by atoms with van der Waals surface area (Å²) in [7, 11) is -0.906. The van der Waals surface area contributed by atoms with E-state index in [1.165, 1.54) is 40.6 Å². The third kappa shape index (κ3) is 6.22. The number of nitrogens with one attached hydrogen (secondary N) is 1. The number of sulfonamides is 1. The number of urea groups is 1. The Balaban J connectivity index is 1.68. The van der Waals surface area contributed by atoms with Gasteiger partial charge in [-0.25, -0.2) is 17.6 Å². The molecule has 0 radical (unpaired) electrons. The smallest absolute Gasteiger partial charge is 0.321 e. The molecular weight excluding hydrogens is 537 g/mol. The SMILES string of the molecule is COc1cccc(NC(=O)N(C)C[C@@H]2Oc3cc(-c4ccccc4F)ccc3S(=O)(=O)N([C@@H](C)CO)C[C@@H]2C)c1. The number of benzene rings is 3. The number of hydrogen-bond donors (Lipinski definition) is 2. The van der Waals surface area contributed by atoms with Crippen molar-refractivity contribution in [2.45, 2.75) is 30.9 Å². The highest BCUT2D eigenvalue weighted by Crippen LogP contribution is 2.37. The second-order valence-corrected chi connectivity index (χ2v) is 11.8. The summed E-state index contributed by atoms with van der Waals surface area (Å²) in [6.45, 7) is 3.28. The van der Waals surface area contributed by atoms with E-state index in [-0.39, 0.29) is 42.3 Å². The van der Waals surface area contributed by atoms with Crippen molar-refractivity contribution >= 4 is 21.7 Å². The van der Waals surface area contributed by atoms with Crippen LogP contribution in [0.2, 0.25) is 0 Å². The standard InChI is InChI=1S/C29H34FN3O6S/c1-19-16-33(20(2)18-34)40(36,37)28-13-12-21(24-10-5-6-11-25(24)30)14-26(28)39-27(19)17-32(3)29(35)31-22-8-7-9-23(15-22)38-4/h5-15,19-20,27,34H,16-18H2,1-4H3,(H,31,35)/t19-,20-,27-/m0/s1. The fourth-order valence-electron chi connectivity index (χ4n) is 4.58. The lowest BCUT2D eigenvalue weighted by Gasteiger charge is -2.37. The van der Waals surface area contributed by atoms with Crippen molar-refractivity contribution in [3.8, 4) is 22.6 Å². The Labute approximate surface area is 234 Å². The number of methoxy groups -OCH3 is 1. The average Bonchev–Trinajstić information content (AvgIpc) is 2.94. The Bertz CT molecular complexity index is 1470. The Hall–Kier alpha value is -3.67. The van der Waals surface area contributed by atoms with E-state index >= 15 is 0 Å². The van der Waals surface area contributed by atoms with E-state index < -0.39 is 28.0 Å². The molecule has 0 saturated heterocycles. The molecule has 2 N–H and O–H groups in total. The highest BCUT2D eigenvalue weighted by Gasteiger charge is 2.38. The Morgan fingerprint density at radius 2 is 1.95 bits per heavy atom. The van der Waals surface area contributed by atoms with Crippen molar-refractivity contribution in [2.24, 2.45) is 5.92 Å². The summed E-state index contributed by atoms with van der Waals surface area (Å²) in [6, 6.07) is 16.5. The van der Waals surface area contributed by atoms with Crippen molar-refractivity contribution in [1.82, 2.24) is 9.21 Å². The third-order valence-electron chi connectivity index (χ3n) is 6.97. The first-order valence-corrected chi connectivity index (χ1v) is 14.3. The van der Waals surface area contributed by atoms with E-state index in [0.717, 1.165) is 0 Å². The number of halogens is 1. The van der Waals surface area contributed by atoms with Crippen LogP contribution in [0.4, 0.5) is 14.9 Å². The molecule has 1 heterocycles. The first kappa shape index (κ1) is 29.3. The van der Waals surface area contributed by atoms with Gasteiger partial charge in [0.15, 0.2) is 0 Å². The zero-order valence-electron chi connectivity index (χ0n) is 22.9. The summed E-state index contributed by atoms with van der Waals surface area (Å²) in [6.07, 6.45) is -0.625. The van der Waals surface area contributed by atoms with Gasteiger partial charge in [-0.1, -0.05) is 37.3 Å². The second-order valence-electron chi connectivity index (χ2n) is 9.92. The Kier molecular flexibility index (Phi) is 8.97. The highest BCUT2D eigenvalue weighted by atomic mass is 32.2. The van der Waals surface area contributed by atoms with E-state index in [0.29, 0.717) is 22.6 Å². The van der Waals surface area contributed by atoms with Gasteiger partial charge in [-0.2, -0.15) is 4.31 Å². The van der Waals surface area contributed by atoms with Crippen molar-refractivity contribution < 1.29 is 32.2 Å². The van der Waals surface area contributed by atoms with Crippen LogP contribution in [0.25, 0.3) is 11.1 Å². The number of carbonyl (C=O) groups is 1. The maximum atomic E-state index is 14.6. The van der Waals surface area contributed by atoms with E-state index in [1.54, 1.807) is 56.4 Å². The molecule has 0 aromatic heterocycles. The number of likely N-dealkylation sites (N-methyl/N-ethyl adjacent to an activating group) is 1. The normalized spacial score (nSPS) is 19.4. The largest absolute Gasteiger partial charge is 0.497 e. The predicted octanol–water partition coefficient (Wildman–Crippen LogP) is 4.43. The minimum Gasteiger partial charge on any atom is -0.497 e. The first-order valence-electron chi connectivity index (χ1n) is 12.9. The van der Waals surface area contributed by atoms with Crippen LogP contribution in [0.3, 0.4) is 0 Å². The molecule has 4 rings (SSSR count). The molecule has 3 aromatic carbocycles. The number of rotatable bonds is 7. The number of nitrogens with zero attached hydrogens (tertiary/aromatic N) is 2. The number of fused-ring (bicyclic) bond motifs is 1. The molecule has 3 aromatic rings. The van der Waals surface area contributed by atoms with Gasteiger partial charge in [-0.05, 0) is 42.8 Å². The zero-order valence-corrected chi connectivity index (χ0v) is 23.7. The van der Waals surface area contributed by atoms with Gasteiger partial charge in [0.2, 0.25) is 10.0 Å². The van der Waals surface area contributed by atoms with E-state index in [1.807, 2.05) is 6.92 Å². The number of amides is 2. The molecule has 2 amide bonds. The van der Waals surface area contributed by atoms with Gasteiger partial charge < -0.3 is 24.8 Å². The van der Waals surface area contributed by atoms with Crippen LogP contribution in [0.1, 0.15) is 13.8 Å². The molecule has 9 nitrogen and oxygen atoms in total. The lowest BCUT2D eigenvalue weighted by molar-refractivity contribution is 0.0830. The topological polar surface area (TPSA) is 108 Å². The highest BCUT2D eigenvalue weighted by molar-refractivity contribution is 7.89. The lowest BCUT2D eigenvalue weighted by atomic mass is 10.0. The maximum Gasteiger partial charge on any atom is 0.321 e. The molecule has 11 heteroatoms. The molecule has 40 heavy (non-hydrogen) atoms. The monoisotopic (exact) mass is 571 g/mol. The van der Waals surface area contributed by atoms with Gasteiger partial charge in [0, 0.05) is 42.9 Å². The Morgan fingerprint density at radius 3 is 2.65 bits per heavy atom. The molecule has 0 fully saturated rings. The van der Waals surface area contributed by atoms with E-state index in [9.17, 15) is 22.7 Å². The summed E-state index contributed by atoms with van der Waals surface area (Å²) < 4.78 is 54.8. The van der Waals surface area contributed by atoms with Gasteiger partial charge in [0.25, 0.3) is 0 Å². The minimum atomic E-state index is -4.06. The van der Waals surface area contributed by atoms with Gasteiger partial charge >= 0.3 is 6.03 Å². The van der Waals surface area contributed by atoms with Crippen LogP contribution in [0.5, 0.6) is 11.5 Å². The minimum absolute atomic E-state index is 0.0500. The van der Waals surface area contributed by atoms with E-state index in [4.69, 9.17) is 9.47 Å². The van der Waals surface area contributed by atoms with Crippen molar-refractivity contribution in [1.29, 1.82) is 0 Å². The third-order valence-corrected chi connectivity index (χ3v) is 8.99. The molecule has 1 aliphatic heterocycles. The number of anilines is 1. The molecule has 214 valence electrons. The number of aliphatic hydroxyl groups is 1. The zero-order chi connectivity index (χ0) is 29.0. The molecule has 0 saturated carbocycles. The van der Waals surface area contributed by atoms with Crippen LogP contribution < -0.4 is 14.8 Å². The molecule has 0 aliphatic carbocycles. The van der Waals surface area contributed by atoms with Gasteiger partial charge in [-0.15, -0.1) is 0 Å². The molecular formula is C29H34FN3O6S. The lowest BCUT2D eigenvalue weighted by Crippen LogP contribution is -2.50. The van der Waals surface area contributed by atoms with Crippen LogP contribution >= 0.6 is 0 Å². The summed E-state index contributed by atoms with van der Waals surface area (Å²) in [5.74, 6) is -0.181. The van der Waals surface area contributed by atoms with Crippen LogP contribution in [-0.4, -0.2) is 74.8 Å². The molecule has 1 aliphatic rings. The fourth-order valence-corrected chi connectivity index (χ4v) is 6.40. The number of carbonyl (C=O) groups excluding carboxylic acids is 1. The van der Waals surface area contributed by atoms with Gasteiger partial charge in [-0.3, -0.25) is 0 Å². The van der Waals surface area contributed by atoms with E-state index in [2.05, 4.69) is 5.32 Å². The number of aliphatic hydroxyl groups excluding tert-OH is 1. The average molecular weight is 572 g/mol. The second kappa shape index (κ2) is 12.2. The number of ether oxygens (including phenoxy) is 2. The quantitative estimate of drug-likeness (QED) is 0.434. The van der Waals surface area contributed by atoms with Crippen molar-refractivity contribution in [3.63, 3.8) is 0 Å². The van der Waals surface area contributed by atoms with Crippen LogP contribution in [-0.2, 0) is 10.0 Å². The summed E-state index contributed by atoms with van der Waals surface area (Å²) in [5.41, 5.74) is 1.30. The molecule has 0 bridgehead atoms. The first-order chi connectivity index (χ1) is 19.0. The van der Waals surface area contributed by atoms with Crippen LogP contribution in [0, 0.1) is 11.7 Å². The molecule has 0 spiro atoms. The summed E-state index contributed by atoms with van der Waals surface area (Å²) in [5, 5.41) is 12.7. The van der Waals surface area contributed by atoms with Gasteiger partial charge in [0.05, 0.1) is 20.3 Å². The molecule has 3 atom stereocenters. The van der Waals surface area contributed by atoms with Gasteiger partial charge in [0.1, 0.15) is 28.3 Å². The Morgan fingerprint density at radius 1 is 1.20 bits per heavy atom. The predicted molar refractivity (Wildman–Crippen MR) is 150 cm³/mol. The van der Waals surface area contributed by atoms with Crippen molar-refractivity contribution in [2.75, 3.05) is 39.2 Å². The van der Waals surface area contributed by atoms with Crippen LogP contribution in [0.15, 0.2) is 71.6 Å². The number of hydrogen-bond acceptors (Lipinski definition) is 6. The summed E-state index contributed by atoms with van der Waals surface area (Å²) in [4.78, 5) is 14.4. The van der Waals surface area contributed by atoms with Crippen molar-refractivity contribution in [3.05, 3.63) is 72.5 Å².